The maximum Gasteiger partial charge on any atom is 0.394 e. The highest BCUT2D eigenvalue weighted by Gasteiger charge is 2.68. The molecular formula is C45H27N5+2. The highest BCUT2D eigenvalue weighted by Crippen LogP contribution is 2.53. The van der Waals surface area contributed by atoms with Gasteiger partial charge < -0.3 is 4.57 Å². The average Bonchev–Trinajstić information content (AvgIpc) is 3.93. The molecule has 0 bridgehead atoms. The van der Waals surface area contributed by atoms with E-state index in [1.165, 1.54) is 94.2 Å². The maximum atomic E-state index is 2.57. The first-order valence-electron chi connectivity index (χ1n) is 17.3. The van der Waals surface area contributed by atoms with Gasteiger partial charge in [-0.1, -0.05) is 95.7 Å². The van der Waals surface area contributed by atoms with Gasteiger partial charge in [-0.3, -0.25) is 0 Å². The fourth-order valence-corrected chi connectivity index (χ4v) is 9.74. The number of rotatable bonds is 2. The molecule has 6 aromatic carbocycles. The van der Waals surface area contributed by atoms with Crippen LogP contribution in [-0.4, -0.2) is 13.8 Å². The normalized spacial score (nSPS) is 16.1. The van der Waals surface area contributed by atoms with E-state index in [0.717, 1.165) is 0 Å². The Labute approximate surface area is 286 Å². The van der Waals surface area contributed by atoms with E-state index in [0.29, 0.717) is 0 Å². The van der Waals surface area contributed by atoms with Crippen molar-refractivity contribution in [3.8, 4) is 39.3 Å². The smallest absolute Gasteiger partial charge is 0.307 e. The van der Waals surface area contributed by atoms with Gasteiger partial charge in [-0.25, -0.2) is 0 Å². The van der Waals surface area contributed by atoms with E-state index in [1.54, 1.807) is 0 Å². The molecule has 1 spiro atoms. The molecule has 0 saturated heterocycles. The van der Waals surface area contributed by atoms with Gasteiger partial charge >= 0.3 is 11.3 Å². The largest absolute Gasteiger partial charge is 0.394 e. The summed E-state index contributed by atoms with van der Waals surface area (Å²) in [4.78, 5) is 0. The molecule has 0 fully saturated rings. The van der Waals surface area contributed by atoms with Gasteiger partial charge in [0, 0.05) is 16.2 Å². The molecule has 3 aliphatic heterocycles. The minimum Gasteiger partial charge on any atom is -0.307 e. The SMILES string of the molecule is c1ccc(-c2ccc(-c3cn4[n+](c3)C35c6c(cccc6-4)-n4c6ccccc6c6ccc(c3c64)-n3c4ccccc4c4ccc[n+]5c43)cc2)cc1. The number of aromatic nitrogens is 5. The fraction of sp³-hybridized carbons (Fsp3) is 0.0222. The Hall–Kier alpha value is -6.72. The van der Waals surface area contributed by atoms with Crippen molar-refractivity contribution < 1.29 is 9.25 Å². The maximum absolute atomic E-state index is 2.57. The molecule has 4 aromatic heterocycles. The van der Waals surface area contributed by atoms with Crippen LogP contribution in [0.2, 0.25) is 0 Å². The van der Waals surface area contributed by atoms with E-state index in [9.17, 15) is 0 Å². The summed E-state index contributed by atoms with van der Waals surface area (Å²) in [5.74, 6) is 0. The molecule has 3 aliphatic rings. The van der Waals surface area contributed by atoms with Gasteiger partial charge in [0.15, 0.2) is 5.69 Å². The van der Waals surface area contributed by atoms with Crippen molar-refractivity contribution in [1.29, 1.82) is 0 Å². The predicted octanol–water partition coefficient (Wildman–Crippen LogP) is 8.82. The van der Waals surface area contributed by atoms with Crippen LogP contribution in [0.1, 0.15) is 11.1 Å². The number of hydrogen-bond donors (Lipinski definition) is 0. The lowest BCUT2D eigenvalue weighted by molar-refractivity contribution is -0.987. The van der Waals surface area contributed by atoms with Gasteiger partial charge in [-0.05, 0) is 71.3 Å². The molecule has 5 heteroatoms. The summed E-state index contributed by atoms with van der Waals surface area (Å²) >= 11 is 0. The predicted molar refractivity (Wildman–Crippen MR) is 197 cm³/mol. The number of hydrogen-bond acceptors (Lipinski definition) is 0. The standard InChI is InChI=1S/C45H27N5/c1-2-10-28(11-3-1)29-19-21-30(22-20-29)31-26-47-38-17-8-18-39-41(38)45(48(47)27-31)42-40(24-23-34-32-12-4-6-15-36(32)49(39)43(34)42)50-37-16-7-5-13-33(37)35-14-9-25-46(45)44(35)50/h1-27H/q+2. The highest BCUT2D eigenvalue weighted by molar-refractivity contribution is 6.14. The molecule has 1 atom stereocenters. The Balaban J connectivity index is 1.20. The minimum atomic E-state index is -0.655. The summed E-state index contributed by atoms with van der Waals surface area (Å²) in [6.45, 7) is 0. The lowest BCUT2D eigenvalue weighted by Gasteiger charge is -2.33. The van der Waals surface area contributed by atoms with Gasteiger partial charge in [0.2, 0.25) is 6.20 Å². The first kappa shape index (κ1) is 25.3. The van der Waals surface area contributed by atoms with Crippen LogP contribution in [0.15, 0.2) is 164 Å². The summed E-state index contributed by atoms with van der Waals surface area (Å²) in [5.41, 5.74) is 15.4. The summed E-state index contributed by atoms with van der Waals surface area (Å²) < 4.78 is 12.5. The third-order valence-corrected chi connectivity index (χ3v) is 11.6. The molecule has 0 N–H and O–H groups in total. The van der Waals surface area contributed by atoms with E-state index in [1.807, 2.05) is 0 Å². The van der Waals surface area contributed by atoms with Gasteiger partial charge in [0.1, 0.15) is 22.3 Å². The van der Waals surface area contributed by atoms with Crippen LogP contribution in [0, 0.1) is 0 Å². The van der Waals surface area contributed by atoms with Crippen LogP contribution >= 0.6 is 0 Å². The van der Waals surface area contributed by atoms with Crippen molar-refractivity contribution in [2.75, 3.05) is 0 Å². The van der Waals surface area contributed by atoms with Crippen LogP contribution in [0.4, 0.5) is 0 Å². The van der Waals surface area contributed by atoms with Crippen molar-refractivity contribution in [3.63, 3.8) is 0 Å². The average molecular weight is 638 g/mol. The zero-order valence-electron chi connectivity index (χ0n) is 26.8. The summed E-state index contributed by atoms with van der Waals surface area (Å²) in [6.07, 6.45) is 7.02. The van der Waals surface area contributed by atoms with Crippen LogP contribution in [-0.2, 0) is 5.66 Å². The molecule has 50 heavy (non-hydrogen) atoms. The molecule has 5 nitrogen and oxygen atoms in total. The number of nitrogens with zero attached hydrogens (tertiary/aromatic N) is 5. The quantitative estimate of drug-likeness (QED) is 0.169. The second-order valence-corrected chi connectivity index (χ2v) is 13.9. The lowest BCUT2D eigenvalue weighted by Crippen LogP contribution is -2.76. The van der Waals surface area contributed by atoms with Crippen molar-refractivity contribution in [3.05, 3.63) is 175 Å². The van der Waals surface area contributed by atoms with Crippen LogP contribution in [0.25, 0.3) is 83.1 Å². The van der Waals surface area contributed by atoms with Crippen LogP contribution in [0.5, 0.6) is 0 Å². The summed E-state index contributed by atoms with van der Waals surface area (Å²) in [6, 6.07) is 53.5. The molecular weight excluding hydrogens is 611 g/mol. The van der Waals surface area contributed by atoms with Gasteiger partial charge in [-0.15, -0.1) is 4.68 Å². The number of fused-ring (bicyclic) bond motifs is 10. The molecule has 230 valence electrons. The molecule has 13 rings (SSSR count). The zero-order chi connectivity index (χ0) is 32.3. The third-order valence-electron chi connectivity index (χ3n) is 11.6. The van der Waals surface area contributed by atoms with E-state index >= 15 is 0 Å². The molecule has 1 unspecified atom stereocenters. The molecule has 10 aromatic rings. The number of benzene rings is 6. The van der Waals surface area contributed by atoms with E-state index in [2.05, 4.69) is 187 Å². The molecule has 0 saturated carbocycles. The second kappa shape index (κ2) is 8.46. The van der Waals surface area contributed by atoms with Crippen molar-refractivity contribution in [1.82, 2.24) is 13.8 Å². The second-order valence-electron chi connectivity index (χ2n) is 13.9. The van der Waals surface area contributed by atoms with Crippen molar-refractivity contribution in [2.45, 2.75) is 5.66 Å². The first-order chi connectivity index (χ1) is 24.8. The monoisotopic (exact) mass is 637 g/mol. The topological polar surface area (TPSA) is 22.5 Å². The summed E-state index contributed by atoms with van der Waals surface area (Å²) in [5, 5.41) is 5.09. The molecule has 0 radical (unpaired) electrons. The highest BCUT2D eigenvalue weighted by atomic mass is 15.5. The molecule has 0 amide bonds. The van der Waals surface area contributed by atoms with E-state index in [-0.39, 0.29) is 0 Å². The Morgan fingerprint density at radius 2 is 1.08 bits per heavy atom. The first-order valence-corrected chi connectivity index (χ1v) is 17.3. The zero-order valence-corrected chi connectivity index (χ0v) is 26.8. The van der Waals surface area contributed by atoms with E-state index in [4.69, 9.17) is 0 Å². The van der Waals surface area contributed by atoms with Crippen LogP contribution < -0.4 is 9.25 Å². The Kier molecular flexibility index (Phi) is 4.28. The van der Waals surface area contributed by atoms with Gasteiger partial charge in [-0.2, -0.15) is 9.13 Å². The third kappa shape index (κ3) is 2.67. The van der Waals surface area contributed by atoms with Crippen molar-refractivity contribution in [2.24, 2.45) is 0 Å². The van der Waals surface area contributed by atoms with Gasteiger partial charge in [0.25, 0.3) is 0 Å². The van der Waals surface area contributed by atoms with Gasteiger partial charge in [0.05, 0.1) is 40.1 Å². The number of pyridine rings is 1. The molecule has 0 aliphatic carbocycles. The Morgan fingerprint density at radius 1 is 0.440 bits per heavy atom. The van der Waals surface area contributed by atoms with Crippen molar-refractivity contribution >= 4 is 43.7 Å². The Bertz CT molecular complexity index is 3140. The minimum absolute atomic E-state index is 0.655. The fourth-order valence-electron chi connectivity index (χ4n) is 9.74. The summed E-state index contributed by atoms with van der Waals surface area (Å²) in [7, 11) is 0. The lowest BCUT2D eigenvalue weighted by atomic mass is 9.83. The Morgan fingerprint density at radius 3 is 1.90 bits per heavy atom. The van der Waals surface area contributed by atoms with E-state index < -0.39 is 5.66 Å². The molecule has 7 heterocycles. The van der Waals surface area contributed by atoms with Crippen LogP contribution in [0.3, 0.4) is 0 Å². The number of para-hydroxylation sites is 2.